The molecule has 26 heavy (non-hydrogen) atoms. The van der Waals surface area contributed by atoms with Gasteiger partial charge in [-0.25, -0.2) is 0 Å². The number of amides is 2. The van der Waals surface area contributed by atoms with E-state index in [9.17, 15) is 9.59 Å². The van der Waals surface area contributed by atoms with Crippen LogP contribution in [0.1, 0.15) is 6.92 Å². The van der Waals surface area contributed by atoms with Gasteiger partial charge < -0.3 is 14.7 Å². The molecule has 1 aliphatic rings. The van der Waals surface area contributed by atoms with Crippen molar-refractivity contribution in [1.82, 2.24) is 15.2 Å². The third kappa shape index (κ3) is 3.08. The first-order valence-corrected chi connectivity index (χ1v) is 8.84. The molecular weight excluding hydrogens is 354 g/mol. The summed E-state index contributed by atoms with van der Waals surface area (Å²) in [5.41, 5.74) is 2.02. The van der Waals surface area contributed by atoms with Gasteiger partial charge in [0.05, 0.1) is 16.6 Å². The fraction of sp³-hybridized carbons (Fsp3) is 0.176. The van der Waals surface area contributed by atoms with E-state index in [-0.39, 0.29) is 18.4 Å². The summed E-state index contributed by atoms with van der Waals surface area (Å²) in [6.45, 7) is 1.74. The van der Waals surface area contributed by atoms with Crippen LogP contribution in [0.15, 0.2) is 52.2 Å². The number of hydrogen-bond donors (Lipinski definition) is 2. The number of benzene rings is 1. The highest BCUT2D eigenvalue weighted by molar-refractivity contribution is 8.00. The fourth-order valence-corrected chi connectivity index (χ4v) is 3.43. The van der Waals surface area contributed by atoms with Crippen LogP contribution in [0.4, 0.5) is 11.4 Å². The largest absolute Gasteiger partial charge is 0.410 e. The molecule has 4 rings (SSSR count). The Labute approximate surface area is 153 Å². The monoisotopic (exact) mass is 369 g/mol. The van der Waals surface area contributed by atoms with Gasteiger partial charge in [-0.2, -0.15) is 0 Å². The van der Waals surface area contributed by atoms with Crippen molar-refractivity contribution in [3.63, 3.8) is 0 Å². The van der Waals surface area contributed by atoms with Crippen LogP contribution in [0, 0.1) is 0 Å². The molecule has 3 aromatic rings. The Morgan fingerprint density at radius 2 is 2.12 bits per heavy atom. The first kappa shape index (κ1) is 16.4. The Hall–Kier alpha value is -3.07. The van der Waals surface area contributed by atoms with Crippen molar-refractivity contribution in [1.29, 1.82) is 0 Å². The van der Waals surface area contributed by atoms with E-state index in [1.165, 1.54) is 4.90 Å². The second kappa shape index (κ2) is 6.68. The summed E-state index contributed by atoms with van der Waals surface area (Å²) < 4.78 is 5.59. The number of anilines is 2. The Morgan fingerprint density at radius 3 is 2.92 bits per heavy atom. The smallest absolute Gasteiger partial charge is 0.277 e. The third-order valence-electron chi connectivity index (χ3n) is 3.90. The number of fused-ring (bicyclic) bond motifs is 1. The Morgan fingerprint density at radius 1 is 1.27 bits per heavy atom. The van der Waals surface area contributed by atoms with E-state index in [0.717, 1.165) is 11.8 Å². The zero-order valence-electron chi connectivity index (χ0n) is 13.8. The quantitative estimate of drug-likeness (QED) is 0.685. The van der Waals surface area contributed by atoms with Gasteiger partial charge in [0.2, 0.25) is 11.8 Å². The molecule has 2 aromatic heterocycles. The number of carbonyl (C=O) groups is 2. The number of nitrogens with zero attached hydrogens (tertiary/aromatic N) is 3. The molecule has 0 saturated heterocycles. The van der Waals surface area contributed by atoms with Crippen LogP contribution in [-0.2, 0) is 9.59 Å². The summed E-state index contributed by atoms with van der Waals surface area (Å²) in [6, 6.07) is 10.9. The number of aromatic nitrogens is 3. The third-order valence-corrected chi connectivity index (χ3v) is 4.82. The average Bonchev–Trinajstić information content (AvgIpc) is 3.31. The molecular formula is C17H15N5O3S. The van der Waals surface area contributed by atoms with Gasteiger partial charge in [-0.3, -0.25) is 14.5 Å². The Balaban J connectivity index is 1.51. The molecule has 2 N–H and O–H groups in total. The molecule has 0 unspecified atom stereocenters. The number of thioether (sulfide) groups is 1. The van der Waals surface area contributed by atoms with E-state index < -0.39 is 5.25 Å². The van der Waals surface area contributed by atoms with Crippen LogP contribution in [0.2, 0.25) is 0 Å². The minimum absolute atomic E-state index is 0.0156. The van der Waals surface area contributed by atoms with E-state index >= 15 is 0 Å². The van der Waals surface area contributed by atoms with Crippen molar-refractivity contribution in [3.8, 4) is 11.6 Å². The lowest BCUT2D eigenvalue weighted by molar-refractivity contribution is -0.121. The second-order valence-electron chi connectivity index (χ2n) is 5.71. The van der Waals surface area contributed by atoms with Crippen LogP contribution < -0.4 is 10.2 Å². The number of hydrogen-bond acceptors (Lipinski definition) is 6. The number of para-hydroxylation sites is 2. The van der Waals surface area contributed by atoms with Gasteiger partial charge in [0.1, 0.15) is 12.2 Å². The van der Waals surface area contributed by atoms with Crippen molar-refractivity contribution in [2.45, 2.75) is 17.4 Å². The summed E-state index contributed by atoms with van der Waals surface area (Å²) in [5.74, 6) is -0.0576. The number of carbonyl (C=O) groups excluding carboxylic acids is 2. The van der Waals surface area contributed by atoms with Crippen LogP contribution >= 0.6 is 11.8 Å². The normalized spacial score (nSPS) is 14.7. The number of aromatic amines is 1. The minimum Gasteiger partial charge on any atom is -0.410 e. The lowest BCUT2D eigenvalue weighted by Gasteiger charge is -2.30. The molecule has 0 aliphatic carbocycles. The number of nitrogens with one attached hydrogen (secondary N) is 2. The van der Waals surface area contributed by atoms with Gasteiger partial charge in [0, 0.05) is 6.20 Å². The van der Waals surface area contributed by atoms with E-state index in [1.54, 1.807) is 25.3 Å². The van der Waals surface area contributed by atoms with Crippen molar-refractivity contribution in [2.24, 2.45) is 0 Å². The molecule has 1 aromatic carbocycles. The summed E-state index contributed by atoms with van der Waals surface area (Å²) in [7, 11) is 0. The maximum Gasteiger partial charge on any atom is 0.277 e. The van der Waals surface area contributed by atoms with E-state index in [2.05, 4.69) is 20.5 Å². The highest BCUT2D eigenvalue weighted by Gasteiger charge is 2.31. The van der Waals surface area contributed by atoms with E-state index in [0.29, 0.717) is 28.2 Å². The highest BCUT2D eigenvalue weighted by atomic mass is 32.2. The SMILES string of the molecule is C[C@@H](Sc1nnc(-c2ccc[nH]2)o1)C(=O)N1CC(=O)Nc2ccccc21. The topological polar surface area (TPSA) is 104 Å². The standard InChI is InChI=1S/C17H15N5O3S/c1-10(26-17-21-20-15(25-17)12-6-4-8-18-12)16(24)22-9-14(23)19-11-5-2-3-7-13(11)22/h2-8,10,18H,9H2,1H3,(H,19,23)/t10-/m1/s1. The van der Waals surface area contributed by atoms with Crippen LogP contribution in [-0.4, -0.2) is 38.8 Å². The molecule has 0 bridgehead atoms. The highest BCUT2D eigenvalue weighted by Crippen LogP contribution is 2.32. The zero-order chi connectivity index (χ0) is 18.1. The molecule has 0 radical (unpaired) electrons. The van der Waals surface area contributed by atoms with Crippen LogP contribution in [0.5, 0.6) is 0 Å². The maximum atomic E-state index is 12.9. The molecule has 3 heterocycles. The van der Waals surface area contributed by atoms with Gasteiger partial charge >= 0.3 is 0 Å². The van der Waals surface area contributed by atoms with Gasteiger partial charge in [-0.05, 0) is 31.2 Å². The predicted octanol–water partition coefficient (Wildman–Crippen LogP) is 2.53. The summed E-state index contributed by atoms with van der Waals surface area (Å²) in [6.07, 6.45) is 1.76. The molecule has 0 spiro atoms. The first-order valence-electron chi connectivity index (χ1n) is 7.96. The molecule has 0 fully saturated rings. The van der Waals surface area contributed by atoms with Crippen LogP contribution in [0.3, 0.4) is 0 Å². The summed E-state index contributed by atoms with van der Waals surface area (Å²) >= 11 is 1.16. The van der Waals surface area contributed by atoms with E-state index in [4.69, 9.17) is 4.42 Å². The molecule has 8 nitrogen and oxygen atoms in total. The summed E-state index contributed by atoms with van der Waals surface area (Å²) in [5, 5.41) is 10.5. The van der Waals surface area contributed by atoms with E-state index in [1.807, 2.05) is 24.3 Å². The van der Waals surface area contributed by atoms with Gasteiger partial charge in [0.25, 0.3) is 11.1 Å². The zero-order valence-corrected chi connectivity index (χ0v) is 14.6. The molecule has 0 saturated carbocycles. The Kier molecular flexibility index (Phi) is 4.21. The van der Waals surface area contributed by atoms with Crippen LogP contribution in [0.25, 0.3) is 11.6 Å². The van der Waals surface area contributed by atoms with Gasteiger partial charge in [-0.15, -0.1) is 10.2 Å². The number of H-pyrrole nitrogens is 1. The van der Waals surface area contributed by atoms with Gasteiger partial charge in [-0.1, -0.05) is 23.9 Å². The number of rotatable bonds is 4. The molecule has 1 aliphatic heterocycles. The fourth-order valence-electron chi connectivity index (χ4n) is 2.68. The molecule has 2 amide bonds. The molecule has 132 valence electrons. The minimum atomic E-state index is -0.495. The lowest BCUT2D eigenvalue weighted by atomic mass is 10.2. The Bertz CT molecular complexity index is 953. The average molecular weight is 369 g/mol. The molecule has 9 heteroatoms. The lowest BCUT2D eigenvalue weighted by Crippen LogP contribution is -2.45. The first-order chi connectivity index (χ1) is 12.6. The van der Waals surface area contributed by atoms with Crippen molar-refractivity contribution in [2.75, 3.05) is 16.8 Å². The van der Waals surface area contributed by atoms with Crippen molar-refractivity contribution < 1.29 is 14.0 Å². The van der Waals surface area contributed by atoms with Crippen molar-refractivity contribution in [3.05, 3.63) is 42.6 Å². The second-order valence-corrected chi connectivity index (χ2v) is 7.00. The summed E-state index contributed by atoms with van der Waals surface area (Å²) in [4.78, 5) is 29.2. The molecule has 1 atom stereocenters. The maximum absolute atomic E-state index is 12.9. The van der Waals surface area contributed by atoms with Gasteiger partial charge in [0.15, 0.2) is 0 Å². The predicted molar refractivity (Wildman–Crippen MR) is 96.8 cm³/mol. The van der Waals surface area contributed by atoms with Crippen molar-refractivity contribution >= 4 is 35.0 Å².